The van der Waals surface area contributed by atoms with E-state index in [1.807, 2.05) is 24.0 Å². The van der Waals surface area contributed by atoms with Crippen molar-refractivity contribution in [1.82, 2.24) is 9.88 Å². The van der Waals surface area contributed by atoms with E-state index in [1.54, 1.807) is 13.1 Å². The molecule has 0 aromatic carbocycles. The third-order valence-electron chi connectivity index (χ3n) is 3.99. The Labute approximate surface area is 120 Å². The molecule has 0 bridgehead atoms. The Kier molecular flexibility index (Phi) is 5.12. The van der Waals surface area contributed by atoms with Crippen LogP contribution in [0.5, 0.6) is 0 Å². The fourth-order valence-corrected chi connectivity index (χ4v) is 2.95. The first-order chi connectivity index (χ1) is 9.59. The van der Waals surface area contributed by atoms with Crippen molar-refractivity contribution in [1.29, 1.82) is 0 Å². The van der Waals surface area contributed by atoms with Gasteiger partial charge in [-0.15, -0.1) is 0 Å². The van der Waals surface area contributed by atoms with Crippen molar-refractivity contribution in [3.63, 3.8) is 0 Å². The molecule has 4 nitrogen and oxygen atoms in total. The lowest BCUT2D eigenvalue weighted by atomic mass is 10.0. The van der Waals surface area contributed by atoms with Crippen molar-refractivity contribution in [2.24, 2.45) is 0 Å². The van der Waals surface area contributed by atoms with E-state index in [9.17, 15) is 9.90 Å². The zero-order chi connectivity index (χ0) is 14.5. The second-order valence-corrected chi connectivity index (χ2v) is 5.72. The quantitative estimate of drug-likeness (QED) is 0.923. The lowest BCUT2D eigenvalue weighted by molar-refractivity contribution is 0.0606. The number of pyridine rings is 1. The van der Waals surface area contributed by atoms with Gasteiger partial charge in [0.2, 0.25) is 0 Å². The fraction of sp³-hybridized carbons (Fsp3) is 0.625. The van der Waals surface area contributed by atoms with Gasteiger partial charge < -0.3 is 10.0 Å². The Morgan fingerprint density at radius 2 is 2.30 bits per heavy atom. The molecule has 2 unspecified atom stereocenters. The van der Waals surface area contributed by atoms with E-state index < -0.39 is 0 Å². The molecule has 1 fully saturated rings. The molecule has 4 heteroatoms. The third kappa shape index (κ3) is 3.57. The Balaban J connectivity index is 2.21. The molecule has 1 aromatic heterocycles. The van der Waals surface area contributed by atoms with Crippen LogP contribution < -0.4 is 0 Å². The summed E-state index contributed by atoms with van der Waals surface area (Å²) in [4.78, 5) is 18.9. The Morgan fingerprint density at radius 1 is 1.50 bits per heavy atom. The predicted octanol–water partition coefficient (Wildman–Crippen LogP) is 2.55. The molecule has 2 rings (SSSR count). The predicted molar refractivity (Wildman–Crippen MR) is 78.6 cm³/mol. The van der Waals surface area contributed by atoms with E-state index in [0.717, 1.165) is 37.9 Å². The van der Waals surface area contributed by atoms with Gasteiger partial charge >= 0.3 is 0 Å². The monoisotopic (exact) mass is 276 g/mol. The first-order valence-electron chi connectivity index (χ1n) is 7.50. The number of carbonyl (C=O) groups excluding carboxylic acids is 1. The van der Waals surface area contributed by atoms with E-state index in [4.69, 9.17) is 0 Å². The van der Waals surface area contributed by atoms with Crippen LogP contribution in [0.4, 0.5) is 0 Å². The van der Waals surface area contributed by atoms with Crippen LogP contribution in [0, 0.1) is 6.92 Å². The van der Waals surface area contributed by atoms with Crippen molar-refractivity contribution >= 4 is 5.91 Å². The molecule has 1 amide bonds. The number of aliphatic hydroxyl groups excluding tert-OH is 1. The minimum Gasteiger partial charge on any atom is -0.393 e. The van der Waals surface area contributed by atoms with E-state index in [2.05, 4.69) is 4.98 Å². The van der Waals surface area contributed by atoms with E-state index in [0.29, 0.717) is 12.0 Å². The van der Waals surface area contributed by atoms with E-state index in [-0.39, 0.29) is 18.1 Å². The van der Waals surface area contributed by atoms with Gasteiger partial charge in [0, 0.05) is 24.5 Å². The molecule has 1 aromatic rings. The van der Waals surface area contributed by atoms with Gasteiger partial charge in [-0.25, -0.2) is 0 Å². The molecule has 0 radical (unpaired) electrons. The fourth-order valence-electron chi connectivity index (χ4n) is 2.95. The van der Waals surface area contributed by atoms with Gasteiger partial charge in [-0.05, 0) is 45.2 Å². The number of aliphatic hydroxyl groups is 1. The van der Waals surface area contributed by atoms with Gasteiger partial charge in [-0.3, -0.25) is 9.78 Å². The number of rotatable bonds is 3. The van der Waals surface area contributed by atoms with Crippen LogP contribution in [0.2, 0.25) is 0 Å². The Bertz CT molecular complexity index is 460. The smallest absolute Gasteiger partial charge is 0.255 e. The number of amides is 1. The normalized spacial score (nSPS) is 21.4. The second kappa shape index (κ2) is 6.84. The molecule has 1 N–H and O–H groups in total. The summed E-state index contributed by atoms with van der Waals surface area (Å²) in [5.74, 6) is 0.0585. The maximum absolute atomic E-state index is 12.8. The molecule has 0 saturated carbocycles. The molecule has 2 atom stereocenters. The van der Waals surface area contributed by atoms with Crippen LogP contribution in [0.25, 0.3) is 0 Å². The minimum atomic E-state index is -0.372. The van der Waals surface area contributed by atoms with E-state index >= 15 is 0 Å². The van der Waals surface area contributed by atoms with Crippen molar-refractivity contribution in [3.05, 3.63) is 29.6 Å². The second-order valence-electron chi connectivity index (χ2n) is 5.72. The van der Waals surface area contributed by atoms with Crippen molar-refractivity contribution < 1.29 is 9.90 Å². The molecule has 20 heavy (non-hydrogen) atoms. The van der Waals surface area contributed by atoms with Crippen LogP contribution in [-0.2, 0) is 0 Å². The number of aryl methyl sites for hydroxylation is 1. The first-order valence-corrected chi connectivity index (χ1v) is 7.50. The molecule has 110 valence electrons. The first kappa shape index (κ1) is 15.0. The van der Waals surface area contributed by atoms with Crippen LogP contribution in [0.15, 0.2) is 18.3 Å². The largest absolute Gasteiger partial charge is 0.393 e. The highest BCUT2D eigenvalue weighted by Crippen LogP contribution is 2.23. The molecule has 1 aliphatic heterocycles. The average Bonchev–Trinajstić information content (AvgIpc) is 2.63. The molecular weight excluding hydrogens is 252 g/mol. The van der Waals surface area contributed by atoms with Crippen molar-refractivity contribution in [3.8, 4) is 0 Å². The number of carbonyl (C=O) groups is 1. The topological polar surface area (TPSA) is 53.4 Å². The Morgan fingerprint density at radius 3 is 3.00 bits per heavy atom. The number of nitrogens with zero attached hydrogens (tertiary/aromatic N) is 2. The number of hydrogen-bond acceptors (Lipinski definition) is 3. The van der Waals surface area contributed by atoms with Crippen LogP contribution in [0.1, 0.15) is 55.1 Å². The zero-order valence-corrected chi connectivity index (χ0v) is 12.4. The summed E-state index contributed by atoms with van der Waals surface area (Å²) < 4.78 is 0. The molecule has 1 saturated heterocycles. The zero-order valence-electron chi connectivity index (χ0n) is 12.4. The molecule has 1 aliphatic rings. The van der Waals surface area contributed by atoms with Gasteiger partial charge in [0.1, 0.15) is 0 Å². The van der Waals surface area contributed by atoms with Crippen molar-refractivity contribution in [2.75, 3.05) is 6.54 Å². The summed E-state index contributed by atoms with van der Waals surface area (Å²) in [6.45, 7) is 4.45. The lowest BCUT2D eigenvalue weighted by Gasteiger charge is -2.31. The van der Waals surface area contributed by atoms with Gasteiger partial charge in [-0.2, -0.15) is 0 Å². The van der Waals surface area contributed by atoms with Crippen molar-refractivity contribution in [2.45, 2.75) is 58.1 Å². The standard InChI is InChI=1S/C16H24N2O2/c1-12(19)11-14-7-4-3-5-10-18(14)16(20)15-8-6-9-17-13(15)2/h6,8-9,12,14,19H,3-5,7,10-11H2,1-2H3. The summed E-state index contributed by atoms with van der Waals surface area (Å²) >= 11 is 0. The van der Waals surface area contributed by atoms with Crippen LogP contribution in [0.3, 0.4) is 0 Å². The molecule has 2 heterocycles. The molecular formula is C16H24N2O2. The lowest BCUT2D eigenvalue weighted by Crippen LogP contribution is -2.41. The summed E-state index contributed by atoms with van der Waals surface area (Å²) in [6.07, 6.45) is 6.31. The highest BCUT2D eigenvalue weighted by molar-refractivity contribution is 5.95. The third-order valence-corrected chi connectivity index (χ3v) is 3.99. The summed E-state index contributed by atoms with van der Waals surface area (Å²) in [7, 11) is 0. The minimum absolute atomic E-state index is 0.0585. The average molecular weight is 276 g/mol. The van der Waals surface area contributed by atoms with Crippen LogP contribution in [-0.4, -0.2) is 39.6 Å². The summed E-state index contributed by atoms with van der Waals surface area (Å²) in [5.41, 5.74) is 1.46. The maximum atomic E-state index is 12.8. The SMILES string of the molecule is Cc1ncccc1C(=O)N1CCCCCC1CC(C)O. The molecule has 0 aliphatic carbocycles. The van der Waals surface area contributed by atoms with E-state index in [1.165, 1.54) is 0 Å². The Hall–Kier alpha value is -1.42. The number of likely N-dealkylation sites (tertiary alicyclic amines) is 1. The van der Waals surface area contributed by atoms with Crippen LogP contribution >= 0.6 is 0 Å². The van der Waals surface area contributed by atoms with Gasteiger partial charge in [0.15, 0.2) is 0 Å². The maximum Gasteiger partial charge on any atom is 0.255 e. The number of aromatic nitrogens is 1. The highest BCUT2D eigenvalue weighted by Gasteiger charge is 2.28. The summed E-state index contributed by atoms with van der Waals surface area (Å²) in [5, 5.41) is 9.67. The van der Waals surface area contributed by atoms with Gasteiger partial charge in [0.25, 0.3) is 5.91 Å². The highest BCUT2D eigenvalue weighted by atomic mass is 16.3. The van der Waals surface area contributed by atoms with Gasteiger partial charge in [-0.1, -0.05) is 12.8 Å². The molecule has 0 spiro atoms. The summed E-state index contributed by atoms with van der Waals surface area (Å²) in [6, 6.07) is 3.79. The van der Waals surface area contributed by atoms with Gasteiger partial charge in [0.05, 0.1) is 11.7 Å². The number of hydrogen-bond donors (Lipinski definition) is 1.